The number of fused-ring (bicyclic) bond motifs is 3. The van der Waals surface area contributed by atoms with Gasteiger partial charge in [0.25, 0.3) is 0 Å². The van der Waals surface area contributed by atoms with E-state index in [1.165, 1.54) is 0 Å². The lowest BCUT2D eigenvalue weighted by molar-refractivity contribution is 1.06. The summed E-state index contributed by atoms with van der Waals surface area (Å²) in [5.74, 6) is 1.78. The molecule has 0 aliphatic rings. The van der Waals surface area contributed by atoms with Crippen molar-refractivity contribution < 1.29 is 0 Å². The Morgan fingerprint density at radius 2 is 0.980 bits per heavy atom. The molecule has 3 heterocycles. The van der Waals surface area contributed by atoms with E-state index in [-0.39, 0.29) is 0 Å². The molecule has 0 atom stereocenters. The largest absolute Gasteiger partial charge is 0.308 e. The lowest BCUT2D eigenvalue weighted by Gasteiger charge is -2.16. The summed E-state index contributed by atoms with van der Waals surface area (Å²) in [7, 11) is 0. The van der Waals surface area contributed by atoms with Crippen LogP contribution in [0.15, 0.2) is 170 Å². The molecule has 0 saturated heterocycles. The summed E-state index contributed by atoms with van der Waals surface area (Å²) in [5.41, 5.74) is 10.6. The van der Waals surface area contributed by atoms with Gasteiger partial charge in [-0.3, -0.25) is 4.98 Å². The number of rotatable bonds is 6. The van der Waals surface area contributed by atoms with Crippen LogP contribution in [0.25, 0.3) is 83.9 Å². The molecule has 0 bridgehead atoms. The lowest BCUT2D eigenvalue weighted by atomic mass is 10.0. The molecule has 0 unspecified atom stereocenters. The van der Waals surface area contributed by atoms with Crippen molar-refractivity contribution in [2.45, 2.75) is 0 Å². The molecule has 0 spiro atoms. The third kappa shape index (κ3) is 5.49. The van der Waals surface area contributed by atoms with E-state index in [9.17, 15) is 5.26 Å². The lowest BCUT2D eigenvalue weighted by Crippen LogP contribution is -2.04. The fraction of sp³-hybridized carbons (Fsp3) is 0. The average molecular weight is 653 g/mol. The van der Waals surface area contributed by atoms with Crippen LogP contribution in [-0.2, 0) is 0 Å². The Hall–Kier alpha value is -7.23. The van der Waals surface area contributed by atoms with Crippen LogP contribution in [0.1, 0.15) is 5.56 Å². The molecule has 6 heteroatoms. The predicted molar refractivity (Wildman–Crippen MR) is 204 cm³/mol. The number of hydrogen-bond acceptors (Lipinski definition) is 5. The zero-order chi connectivity index (χ0) is 34.1. The van der Waals surface area contributed by atoms with Crippen LogP contribution in [-0.4, -0.2) is 24.5 Å². The molecule has 3 aromatic heterocycles. The van der Waals surface area contributed by atoms with E-state index in [0.29, 0.717) is 23.0 Å². The van der Waals surface area contributed by atoms with Crippen molar-refractivity contribution in [2.75, 3.05) is 0 Å². The summed E-state index contributed by atoms with van der Waals surface area (Å²) in [5, 5.41) is 11.7. The maximum absolute atomic E-state index is 9.39. The Bertz CT molecular complexity index is 2670. The fourth-order valence-electron chi connectivity index (χ4n) is 6.71. The predicted octanol–water partition coefficient (Wildman–Crippen LogP) is 10.6. The van der Waals surface area contributed by atoms with Gasteiger partial charge >= 0.3 is 0 Å². The summed E-state index contributed by atoms with van der Waals surface area (Å²) < 4.78 is 2.32. The normalized spacial score (nSPS) is 11.1. The summed E-state index contributed by atoms with van der Waals surface area (Å²) in [6.45, 7) is 0. The molecule has 51 heavy (non-hydrogen) atoms. The van der Waals surface area contributed by atoms with Gasteiger partial charge < -0.3 is 4.57 Å². The molecule has 0 amide bonds. The maximum atomic E-state index is 9.39. The Balaban J connectivity index is 1.34. The summed E-state index contributed by atoms with van der Waals surface area (Å²) in [6, 6.07) is 55.6. The van der Waals surface area contributed by atoms with Gasteiger partial charge in [-0.05, 0) is 70.8 Å². The van der Waals surface area contributed by atoms with Gasteiger partial charge in [0.05, 0.1) is 28.4 Å². The number of aromatic nitrogens is 5. The van der Waals surface area contributed by atoms with Crippen molar-refractivity contribution in [3.8, 4) is 68.2 Å². The molecule has 6 aromatic carbocycles. The second-order valence-corrected chi connectivity index (χ2v) is 12.3. The molecule has 9 rings (SSSR count). The molecule has 6 nitrogen and oxygen atoms in total. The highest BCUT2D eigenvalue weighted by Gasteiger charge is 2.20. The van der Waals surface area contributed by atoms with Crippen molar-refractivity contribution in [3.63, 3.8) is 0 Å². The van der Waals surface area contributed by atoms with E-state index in [2.05, 4.69) is 76.3 Å². The zero-order valence-electron chi connectivity index (χ0n) is 27.3. The minimum Gasteiger partial charge on any atom is -0.308 e. The van der Waals surface area contributed by atoms with E-state index >= 15 is 0 Å². The summed E-state index contributed by atoms with van der Waals surface area (Å²) in [6.07, 6.45) is 3.62. The Labute approximate surface area is 294 Å². The van der Waals surface area contributed by atoms with Crippen LogP contribution >= 0.6 is 0 Å². The Kier molecular flexibility index (Phi) is 7.42. The molecule has 0 saturated carbocycles. The van der Waals surface area contributed by atoms with Crippen LogP contribution in [0, 0.1) is 11.3 Å². The number of benzene rings is 6. The number of nitriles is 1. The molecule has 0 fully saturated rings. The SMILES string of the molecule is N#Cc1ccc(-c2ccc3c4ccccc4n(-c4ccc(-c5ccncc5)cc4-c4nc(-c5ccccc5)nc(-c5ccccc5)n4)c3c2)cc1. The van der Waals surface area contributed by atoms with E-state index in [0.717, 1.165) is 66.4 Å². The van der Waals surface area contributed by atoms with Crippen LogP contribution in [0.2, 0.25) is 0 Å². The Morgan fingerprint density at radius 3 is 1.67 bits per heavy atom. The van der Waals surface area contributed by atoms with Crippen LogP contribution in [0.5, 0.6) is 0 Å². The third-order valence-corrected chi connectivity index (χ3v) is 9.21. The molecule has 238 valence electrons. The third-order valence-electron chi connectivity index (χ3n) is 9.21. The van der Waals surface area contributed by atoms with Gasteiger partial charge in [0, 0.05) is 39.9 Å². The van der Waals surface area contributed by atoms with Crippen molar-refractivity contribution in [1.29, 1.82) is 5.26 Å². The first kappa shape index (κ1) is 29.9. The standard InChI is InChI=1S/C45H28N6/c46-29-30-15-17-31(18-16-30)36-19-21-38-37-13-7-8-14-40(37)51(42(38)28-36)41-22-20-35(32-23-25-47-26-24-32)27-39(41)45-49-43(33-9-3-1-4-10-33)48-44(50-45)34-11-5-2-6-12-34/h1-28H. The average Bonchev–Trinajstić information content (AvgIpc) is 3.55. The highest BCUT2D eigenvalue weighted by Crippen LogP contribution is 2.39. The summed E-state index contributed by atoms with van der Waals surface area (Å²) in [4.78, 5) is 19.6. The second-order valence-electron chi connectivity index (χ2n) is 12.3. The van der Waals surface area contributed by atoms with Crippen molar-refractivity contribution in [1.82, 2.24) is 24.5 Å². The van der Waals surface area contributed by atoms with Gasteiger partial charge in [0.1, 0.15) is 0 Å². The maximum Gasteiger partial charge on any atom is 0.166 e. The van der Waals surface area contributed by atoms with Crippen LogP contribution in [0.4, 0.5) is 0 Å². The molecule has 0 aliphatic carbocycles. The number of pyridine rings is 1. The van der Waals surface area contributed by atoms with Crippen molar-refractivity contribution in [2.24, 2.45) is 0 Å². The number of hydrogen-bond donors (Lipinski definition) is 0. The highest BCUT2D eigenvalue weighted by molar-refractivity contribution is 6.10. The monoisotopic (exact) mass is 652 g/mol. The first-order valence-electron chi connectivity index (χ1n) is 16.7. The van der Waals surface area contributed by atoms with Crippen molar-refractivity contribution in [3.05, 3.63) is 176 Å². The zero-order valence-corrected chi connectivity index (χ0v) is 27.3. The fourth-order valence-corrected chi connectivity index (χ4v) is 6.71. The smallest absolute Gasteiger partial charge is 0.166 e. The first-order valence-corrected chi connectivity index (χ1v) is 16.7. The van der Waals surface area contributed by atoms with Gasteiger partial charge in [-0.25, -0.2) is 15.0 Å². The van der Waals surface area contributed by atoms with E-state index in [4.69, 9.17) is 15.0 Å². The molecule has 0 aliphatic heterocycles. The molecule has 9 aromatic rings. The highest BCUT2D eigenvalue weighted by atomic mass is 15.1. The Morgan fingerprint density at radius 1 is 0.431 bits per heavy atom. The van der Waals surface area contributed by atoms with Crippen molar-refractivity contribution >= 4 is 21.8 Å². The first-order chi connectivity index (χ1) is 25.2. The molecule has 0 N–H and O–H groups in total. The molecular formula is C45H28N6. The summed E-state index contributed by atoms with van der Waals surface area (Å²) >= 11 is 0. The van der Waals surface area contributed by atoms with Gasteiger partial charge in [-0.15, -0.1) is 0 Å². The quantitative estimate of drug-likeness (QED) is 0.179. The minimum absolute atomic E-state index is 0.572. The van der Waals surface area contributed by atoms with E-state index in [1.54, 1.807) is 0 Å². The van der Waals surface area contributed by atoms with Gasteiger partial charge in [-0.2, -0.15) is 5.26 Å². The van der Waals surface area contributed by atoms with Crippen LogP contribution in [0.3, 0.4) is 0 Å². The van der Waals surface area contributed by atoms with E-state index < -0.39 is 0 Å². The topological polar surface area (TPSA) is 80.3 Å². The molecule has 0 radical (unpaired) electrons. The van der Waals surface area contributed by atoms with Gasteiger partial charge in [0.2, 0.25) is 0 Å². The molecular weight excluding hydrogens is 625 g/mol. The van der Waals surface area contributed by atoms with Crippen LogP contribution < -0.4 is 0 Å². The second kappa shape index (κ2) is 12.7. The van der Waals surface area contributed by atoms with Gasteiger partial charge in [0.15, 0.2) is 17.5 Å². The van der Waals surface area contributed by atoms with E-state index in [1.807, 2.05) is 109 Å². The number of nitrogens with zero attached hydrogens (tertiary/aromatic N) is 6. The number of para-hydroxylation sites is 1. The minimum atomic E-state index is 0.572. The van der Waals surface area contributed by atoms with Gasteiger partial charge in [-0.1, -0.05) is 109 Å².